The number of anilines is 1. The zero-order valence-corrected chi connectivity index (χ0v) is 13.3. The topological polar surface area (TPSA) is 68.2 Å². The lowest BCUT2D eigenvalue weighted by Crippen LogP contribution is -2.27. The highest BCUT2D eigenvalue weighted by atomic mass is 15.3. The fourth-order valence-corrected chi connectivity index (χ4v) is 3.50. The molecule has 0 radical (unpaired) electrons. The van der Waals surface area contributed by atoms with Crippen LogP contribution in [0.2, 0.25) is 0 Å². The first-order chi connectivity index (χ1) is 11.3. The largest absolute Gasteiger partial charge is 0.378 e. The van der Waals surface area contributed by atoms with Crippen LogP contribution in [0.5, 0.6) is 0 Å². The Morgan fingerprint density at radius 2 is 2.13 bits per heavy atom. The van der Waals surface area contributed by atoms with E-state index in [0.717, 1.165) is 48.1 Å². The SMILES string of the molecule is NCCCC1CC(n2cc(C3=Nc4ccccc4NC3)cn2)C1. The highest BCUT2D eigenvalue weighted by Crippen LogP contribution is 2.40. The van der Waals surface area contributed by atoms with E-state index < -0.39 is 0 Å². The van der Waals surface area contributed by atoms with Crippen molar-refractivity contribution in [3.05, 3.63) is 42.2 Å². The number of benzene rings is 1. The van der Waals surface area contributed by atoms with Gasteiger partial charge in [0.1, 0.15) is 0 Å². The predicted octanol–water partition coefficient (Wildman–Crippen LogP) is 3.12. The standard InChI is InChI=1S/C18H23N5/c19-7-3-4-13-8-15(9-13)23-12-14(10-21-23)18-11-20-16-5-1-2-6-17(16)22-18/h1-2,5-6,10,12-13,15,20H,3-4,7-9,11,19H2. The molecule has 0 spiro atoms. The van der Waals surface area contributed by atoms with E-state index in [2.05, 4.69) is 27.4 Å². The summed E-state index contributed by atoms with van der Waals surface area (Å²) in [6.45, 7) is 1.56. The molecule has 0 bridgehead atoms. The summed E-state index contributed by atoms with van der Waals surface area (Å²) < 4.78 is 2.12. The molecule has 1 aliphatic carbocycles. The summed E-state index contributed by atoms with van der Waals surface area (Å²) in [7, 11) is 0. The van der Waals surface area contributed by atoms with Gasteiger partial charge in [-0.2, -0.15) is 5.10 Å². The third-order valence-electron chi connectivity index (χ3n) is 4.94. The smallest absolute Gasteiger partial charge is 0.0865 e. The lowest BCUT2D eigenvalue weighted by atomic mass is 9.77. The van der Waals surface area contributed by atoms with E-state index in [1.54, 1.807) is 0 Å². The monoisotopic (exact) mass is 309 g/mol. The number of aliphatic imine (C=N–C) groups is 1. The van der Waals surface area contributed by atoms with Crippen molar-refractivity contribution in [2.75, 3.05) is 18.4 Å². The summed E-state index contributed by atoms with van der Waals surface area (Å²) in [6, 6.07) is 8.71. The maximum atomic E-state index is 5.58. The fourth-order valence-electron chi connectivity index (χ4n) is 3.50. The summed E-state index contributed by atoms with van der Waals surface area (Å²) >= 11 is 0. The van der Waals surface area contributed by atoms with Crippen molar-refractivity contribution in [3.63, 3.8) is 0 Å². The van der Waals surface area contributed by atoms with Crippen LogP contribution < -0.4 is 11.1 Å². The van der Waals surface area contributed by atoms with Crippen LogP contribution in [-0.4, -0.2) is 28.6 Å². The minimum absolute atomic E-state index is 0.552. The van der Waals surface area contributed by atoms with Gasteiger partial charge in [-0.15, -0.1) is 0 Å². The number of nitrogens with zero attached hydrogens (tertiary/aromatic N) is 3. The molecule has 0 amide bonds. The lowest BCUT2D eigenvalue weighted by molar-refractivity contribution is 0.171. The molecule has 1 fully saturated rings. The molecule has 0 unspecified atom stereocenters. The molecular weight excluding hydrogens is 286 g/mol. The molecule has 3 N–H and O–H groups in total. The van der Waals surface area contributed by atoms with Gasteiger partial charge in [-0.1, -0.05) is 12.1 Å². The number of nitrogens with one attached hydrogen (secondary N) is 1. The predicted molar refractivity (Wildman–Crippen MR) is 93.4 cm³/mol. The van der Waals surface area contributed by atoms with E-state index >= 15 is 0 Å². The average molecular weight is 309 g/mol. The Morgan fingerprint density at radius 3 is 3.00 bits per heavy atom. The Labute approximate surface area is 136 Å². The normalized spacial score (nSPS) is 22.7. The van der Waals surface area contributed by atoms with Crippen LogP contribution >= 0.6 is 0 Å². The molecule has 1 aromatic heterocycles. The van der Waals surface area contributed by atoms with Crippen LogP contribution in [0.15, 0.2) is 41.7 Å². The number of aromatic nitrogens is 2. The minimum Gasteiger partial charge on any atom is -0.378 e. The summed E-state index contributed by atoms with van der Waals surface area (Å²) in [4.78, 5) is 4.77. The Hall–Kier alpha value is -2.14. The molecule has 2 heterocycles. The molecular formula is C18H23N5. The first-order valence-electron chi connectivity index (χ1n) is 8.48. The van der Waals surface area contributed by atoms with Crippen molar-refractivity contribution < 1.29 is 0 Å². The van der Waals surface area contributed by atoms with Gasteiger partial charge in [-0.3, -0.25) is 4.68 Å². The van der Waals surface area contributed by atoms with Gasteiger partial charge in [-0.05, 0) is 50.3 Å². The fraction of sp³-hybridized carbons (Fsp3) is 0.444. The molecule has 2 aliphatic rings. The second kappa shape index (κ2) is 6.16. The van der Waals surface area contributed by atoms with Gasteiger partial charge in [0.2, 0.25) is 0 Å². The molecule has 2 aromatic rings. The summed E-state index contributed by atoms with van der Waals surface area (Å²) in [6.07, 6.45) is 8.96. The van der Waals surface area contributed by atoms with E-state index in [1.165, 1.54) is 19.3 Å². The first-order valence-corrected chi connectivity index (χ1v) is 8.48. The highest BCUT2D eigenvalue weighted by Gasteiger charge is 2.30. The van der Waals surface area contributed by atoms with E-state index in [1.807, 2.05) is 24.4 Å². The third-order valence-corrected chi connectivity index (χ3v) is 4.94. The average Bonchev–Trinajstić information content (AvgIpc) is 3.02. The Kier molecular flexibility index (Phi) is 3.87. The van der Waals surface area contributed by atoms with Crippen LogP contribution in [0.4, 0.5) is 11.4 Å². The molecule has 4 rings (SSSR count). The van der Waals surface area contributed by atoms with E-state index in [0.29, 0.717) is 6.04 Å². The molecule has 1 saturated carbocycles. The van der Waals surface area contributed by atoms with Crippen LogP contribution in [0.1, 0.15) is 37.3 Å². The van der Waals surface area contributed by atoms with Crippen molar-refractivity contribution in [1.82, 2.24) is 9.78 Å². The highest BCUT2D eigenvalue weighted by molar-refractivity contribution is 6.06. The third kappa shape index (κ3) is 2.88. The zero-order valence-electron chi connectivity index (χ0n) is 13.3. The lowest BCUT2D eigenvalue weighted by Gasteiger charge is -2.35. The van der Waals surface area contributed by atoms with Gasteiger partial charge < -0.3 is 11.1 Å². The molecule has 1 aromatic carbocycles. The van der Waals surface area contributed by atoms with E-state index in [4.69, 9.17) is 10.7 Å². The Bertz CT molecular complexity index is 712. The molecule has 5 heteroatoms. The number of hydrogen-bond donors (Lipinski definition) is 2. The Balaban J connectivity index is 1.44. The van der Waals surface area contributed by atoms with Gasteiger partial charge in [0.25, 0.3) is 0 Å². The van der Waals surface area contributed by atoms with Crippen molar-refractivity contribution in [2.24, 2.45) is 16.6 Å². The molecule has 120 valence electrons. The molecule has 0 atom stereocenters. The second-order valence-electron chi connectivity index (χ2n) is 6.56. The molecule has 23 heavy (non-hydrogen) atoms. The second-order valence-corrected chi connectivity index (χ2v) is 6.56. The Morgan fingerprint density at radius 1 is 1.26 bits per heavy atom. The minimum atomic E-state index is 0.552. The van der Waals surface area contributed by atoms with Crippen LogP contribution in [0.3, 0.4) is 0 Å². The number of rotatable bonds is 5. The van der Waals surface area contributed by atoms with Gasteiger partial charge in [0.05, 0.1) is 35.9 Å². The van der Waals surface area contributed by atoms with Gasteiger partial charge in [-0.25, -0.2) is 4.99 Å². The number of nitrogens with two attached hydrogens (primary N) is 1. The summed E-state index contributed by atoms with van der Waals surface area (Å²) in [5, 5.41) is 8.00. The quantitative estimate of drug-likeness (QED) is 0.891. The van der Waals surface area contributed by atoms with Crippen LogP contribution in [0, 0.1) is 5.92 Å². The van der Waals surface area contributed by atoms with Crippen LogP contribution in [-0.2, 0) is 0 Å². The van der Waals surface area contributed by atoms with Crippen molar-refractivity contribution >= 4 is 17.1 Å². The molecule has 0 saturated heterocycles. The number of fused-ring (bicyclic) bond motifs is 1. The zero-order chi connectivity index (χ0) is 15.6. The van der Waals surface area contributed by atoms with Gasteiger partial charge in [0.15, 0.2) is 0 Å². The van der Waals surface area contributed by atoms with Gasteiger partial charge in [0, 0.05) is 11.8 Å². The van der Waals surface area contributed by atoms with Crippen molar-refractivity contribution in [2.45, 2.75) is 31.7 Å². The van der Waals surface area contributed by atoms with Crippen LogP contribution in [0.25, 0.3) is 0 Å². The maximum absolute atomic E-state index is 5.58. The van der Waals surface area contributed by atoms with Crippen molar-refractivity contribution in [3.8, 4) is 0 Å². The first kappa shape index (κ1) is 14.5. The summed E-state index contributed by atoms with van der Waals surface area (Å²) in [5.74, 6) is 0.830. The number of hydrogen-bond acceptors (Lipinski definition) is 4. The molecule has 1 aliphatic heterocycles. The van der Waals surface area contributed by atoms with Crippen molar-refractivity contribution in [1.29, 1.82) is 0 Å². The van der Waals surface area contributed by atoms with E-state index in [-0.39, 0.29) is 0 Å². The van der Waals surface area contributed by atoms with Gasteiger partial charge >= 0.3 is 0 Å². The maximum Gasteiger partial charge on any atom is 0.0865 e. The van der Waals surface area contributed by atoms with E-state index in [9.17, 15) is 0 Å². The number of para-hydroxylation sites is 2. The summed E-state index contributed by atoms with van der Waals surface area (Å²) in [5.41, 5.74) is 9.88. The molecule has 5 nitrogen and oxygen atoms in total.